The van der Waals surface area contributed by atoms with Crippen LogP contribution in [0.25, 0.3) is 5.69 Å². The van der Waals surface area contributed by atoms with Crippen molar-refractivity contribution >= 4 is 17.6 Å². The third-order valence-corrected chi connectivity index (χ3v) is 4.54. The van der Waals surface area contributed by atoms with E-state index in [1.165, 1.54) is 17.5 Å². The van der Waals surface area contributed by atoms with Gasteiger partial charge in [0, 0.05) is 5.69 Å². The molecule has 9 heteroatoms. The van der Waals surface area contributed by atoms with Crippen LogP contribution in [0, 0.1) is 0 Å². The first kappa shape index (κ1) is 14.6. The molecular formula is C15H19N9. The predicted octanol–water partition coefficient (Wildman–Crippen LogP) is 0.772. The second-order valence-electron chi connectivity index (χ2n) is 6.06. The van der Waals surface area contributed by atoms with Crippen LogP contribution in [0.15, 0.2) is 40.6 Å². The van der Waals surface area contributed by atoms with E-state index in [1.807, 2.05) is 29.2 Å². The second-order valence-corrected chi connectivity index (χ2v) is 6.06. The van der Waals surface area contributed by atoms with Gasteiger partial charge in [-0.05, 0) is 55.2 Å². The van der Waals surface area contributed by atoms with Gasteiger partial charge >= 0.3 is 0 Å². The molecule has 4 N–H and O–H groups in total. The predicted molar refractivity (Wildman–Crippen MR) is 90.7 cm³/mol. The maximum Gasteiger partial charge on any atom is 0.220 e. The average Bonchev–Trinajstić information content (AvgIpc) is 3.10. The lowest BCUT2D eigenvalue weighted by Gasteiger charge is -2.45. The Balaban J connectivity index is 1.71. The number of hydrogen-bond donors (Lipinski definition) is 2. The SMILES string of the molecule is NC1=NC2(CCCCC2)N(c2ccc(-n3ncnn3)cc2)C(N)=N1. The number of hydrogen-bond acceptors (Lipinski definition) is 8. The zero-order valence-corrected chi connectivity index (χ0v) is 13.2. The van der Waals surface area contributed by atoms with E-state index in [1.54, 1.807) is 0 Å². The minimum absolute atomic E-state index is 0.258. The third-order valence-electron chi connectivity index (χ3n) is 4.54. The highest BCUT2D eigenvalue weighted by Gasteiger charge is 2.42. The van der Waals surface area contributed by atoms with E-state index >= 15 is 0 Å². The minimum atomic E-state index is -0.429. The minimum Gasteiger partial charge on any atom is -0.369 e. The van der Waals surface area contributed by atoms with Gasteiger partial charge in [0.2, 0.25) is 11.9 Å². The van der Waals surface area contributed by atoms with Crippen LogP contribution in [0.3, 0.4) is 0 Å². The molecule has 124 valence electrons. The van der Waals surface area contributed by atoms with E-state index in [9.17, 15) is 0 Å². The standard InChI is InChI=1S/C15H19N9/c16-13-20-14(17)23(15(21-13)8-2-1-3-9-15)11-4-6-12(7-5-11)24-19-10-18-22-24/h4-7,10H,1-3,8-9H2,(H4,16,17,20,21). The topological polar surface area (TPSA) is 124 Å². The van der Waals surface area contributed by atoms with Crippen molar-refractivity contribution in [2.75, 3.05) is 4.90 Å². The summed E-state index contributed by atoms with van der Waals surface area (Å²) in [6.07, 6.45) is 6.63. The maximum absolute atomic E-state index is 6.21. The molecule has 0 saturated heterocycles. The van der Waals surface area contributed by atoms with Crippen LogP contribution >= 0.6 is 0 Å². The molecule has 0 amide bonds. The summed E-state index contributed by atoms with van der Waals surface area (Å²) in [4.78, 5) is 12.3. The number of nitrogens with two attached hydrogens (primary N) is 2. The van der Waals surface area contributed by atoms with Gasteiger partial charge in [0.05, 0.1) is 5.69 Å². The van der Waals surface area contributed by atoms with Crippen LogP contribution in [0.5, 0.6) is 0 Å². The van der Waals surface area contributed by atoms with Crippen molar-refractivity contribution in [1.29, 1.82) is 0 Å². The van der Waals surface area contributed by atoms with Crippen LogP contribution in [-0.2, 0) is 0 Å². The number of rotatable bonds is 2. The Kier molecular flexibility index (Phi) is 3.40. The molecule has 4 rings (SSSR count). The molecule has 0 radical (unpaired) electrons. The molecule has 1 spiro atoms. The van der Waals surface area contributed by atoms with Gasteiger partial charge in [0.25, 0.3) is 0 Å². The molecule has 2 aromatic rings. The zero-order chi connectivity index (χ0) is 16.6. The number of aliphatic imine (C=N–C) groups is 2. The first-order chi connectivity index (χ1) is 11.7. The Morgan fingerprint density at radius 1 is 0.958 bits per heavy atom. The van der Waals surface area contributed by atoms with E-state index in [0.29, 0.717) is 5.96 Å². The lowest BCUT2D eigenvalue weighted by molar-refractivity contribution is 0.305. The van der Waals surface area contributed by atoms with Gasteiger partial charge in [0.15, 0.2) is 6.33 Å². The lowest BCUT2D eigenvalue weighted by atomic mass is 9.87. The van der Waals surface area contributed by atoms with Gasteiger partial charge in [-0.15, -0.1) is 15.0 Å². The summed E-state index contributed by atoms with van der Waals surface area (Å²) in [7, 11) is 0. The van der Waals surface area contributed by atoms with Gasteiger partial charge in [-0.1, -0.05) is 6.42 Å². The molecule has 1 aromatic carbocycles. The van der Waals surface area contributed by atoms with Crippen LogP contribution < -0.4 is 16.4 Å². The number of nitrogens with zero attached hydrogens (tertiary/aromatic N) is 7. The molecule has 2 heterocycles. The summed E-state index contributed by atoms with van der Waals surface area (Å²) in [6, 6.07) is 7.77. The Morgan fingerprint density at radius 3 is 2.33 bits per heavy atom. The van der Waals surface area contributed by atoms with Gasteiger partial charge in [0.1, 0.15) is 5.66 Å². The molecular weight excluding hydrogens is 306 g/mol. The Morgan fingerprint density at radius 2 is 1.67 bits per heavy atom. The Labute approximate surface area is 139 Å². The smallest absolute Gasteiger partial charge is 0.220 e. The lowest BCUT2D eigenvalue weighted by Crippen LogP contribution is -2.58. The van der Waals surface area contributed by atoms with Crippen molar-refractivity contribution < 1.29 is 0 Å². The maximum atomic E-state index is 6.21. The molecule has 1 aliphatic heterocycles. The van der Waals surface area contributed by atoms with E-state index in [2.05, 4.69) is 25.4 Å². The summed E-state index contributed by atoms with van der Waals surface area (Å²) in [5, 5.41) is 11.6. The zero-order valence-electron chi connectivity index (χ0n) is 13.2. The quantitative estimate of drug-likeness (QED) is 0.840. The highest BCUT2D eigenvalue weighted by Crippen LogP contribution is 2.39. The van der Waals surface area contributed by atoms with Gasteiger partial charge in [-0.2, -0.15) is 4.99 Å². The monoisotopic (exact) mass is 325 g/mol. The molecule has 1 aromatic heterocycles. The normalized spacial score (nSPS) is 19.9. The summed E-state index contributed by atoms with van der Waals surface area (Å²) in [5.74, 6) is 0.644. The Bertz CT molecular complexity index is 770. The molecule has 24 heavy (non-hydrogen) atoms. The second kappa shape index (κ2) is 5.59. The number of guanidine groups is 2. The number of anilines is 1. The van der Waals surface area contributed by atoms with Crippen molar-refractivity contribution in [1.82, 2.24) is 20.2 Å². The van der Waals surface area contributed by atoms with Crippen LogP contribution in [0.1, 0.15) is 32.1 Å². The molecule has 0 atom stereocenters. The fourth-order valence-corrected chi connectivity index (χ4v) is 3.52. The van der Waals surface area contributed by atoms with Crippen molar-refractivity contribution in [3.05, 3.63) is 30.6 Å². The molecule has 2 aliphatic rings. The van der Waals surface area contributed by atoms with Crippen LogP contribution in [0.4, 0.5) is 5.69 Å². The van der Waals surface area contributed by atoms with E-state index in [-0.39, 0.29) is 5.96 Å². The number of benzene rings is 1. The molecule has 1 aliphatic carbocycles. The number of tetrazole rings is 1. The molecule has 0 bridgehead atoms. The van der Waals surface area contributed by atoms with Crippen molar-refractivity contribution in [3.8, 4) is 5.69 Å². The van der Waals surface area contributed by atoms with E-state index in [4.69, 9.17) is 11.5 Å². The average molecular weight is 325 g/mol. The largest absolute Gasteiger partial charge is 0.369 e. The fraction of sp³-hybridized carbons (Fsp3) is 0.400. The summed E-state index contributed by atoms with van der Waals surface area (Å²) < 4.78 is 0. The first-order valence-corrected chi connectivity index (χ1v) is 8.01. The van der Waals surface area contributed by atoms with E-state index in [0.717, 1.165) is 37.1 Å². The molecule has 1 saturated carbocycles. The first-order valence-electron chi connectivity index (χ1n) is 8.01. The molecule has 9 nitrogen and oxygen atoms in total. The van der Waals surface area contributed by atoms with Crippen LogP contribution in [-0.4, -0.2) is 37.8 Å². The molecule has 0 unspecified atom stereocenters. The third kappa shape index (κ3) is 2.38. The van der Waals surface area contributed by atoms with E-state index < -0.39 is 5.66 Å². The Hall–Kier alpha value is -2.97. The summed E-state index contributed by atoms with van der Waals surface area (Å²) in [5.41, 5.74) is 13.4. The van der Waals surface area contributed by atoms with Crippen molar-refractivity contribution in [2.24, 2.45) is 21.5 Å². The number of aromatic nitrogens is 4. The highest BCUT2D eigenvalue weighted by molar-refractivity contribution is 6.05. The summed E-state index contributed by atoms with van der Waals surface area (Å²) in [6.45, 7) is 0. The van der Waals surface area contributed by atoms with Crippen molar-refractivity contribution in [3.63, 3.8) is 0 Å². The van der Waals surface area contributed by atoms with Gasteiger partial charge in [-0.25, -0.2) is 4.99 Å². The van der Waals surface area contributed by atoms with Gasteiger partial charge in [-0.3, -0.25) is 4.90 Å². The van der Waals surface area contributed by atoms with Crippen molar-refractivity contribution in [2.45, 2.75) is 37.8 Å². The van der Waals surface area contributed by atoms with Gasteiger partial charge < -0.3 is 11.5 Å². The highest BCUT2D eigenvalue weighted by atomic mass is 15.6. The molecule has 1 fully saturated rings. The fourth-order valence-electron chi connectivity index (χ4n) is 3.52. The summed E-state index contributed by atoms with van der Waals surface area (Å²) >= 11 is 0. The van der Waals surface area contributed by atoms with Crippen LogP contribution in [0.2, 0.25) is 0 Å².